The highest BCUT2D eigenvalue weighted by Gasteiger charge is 2.05. The van der Waals surface area contributed by atoms with Crippen molar-refractivity contribution in [1.82, 2.24) is 10.3 Å². The number of pyridine rings is 1. The van der Waals surface area contributed by atoms with Crippen LogP contribution in [0.2, 0.25) is 0 Å². The van der Waals surface area contributed by atoms with Crippen LogP contribution in [0.3, 0.4) is 0 Å². The minimum absolute atomic E-state index is 0.0963. The lowest BCUT2D eigenvalue weighted by Crippen LogP contribution is -2.35. The van der Waals surface area contributed by atoms with E-state index in [9.17, 15) is 9.59 Å². The average Bonchev–Trinajstić information content (AvgIpc) is 2.14. The van der Waals surface area contributed by atoms with Gasteiger partial charge in [0.25, 0.3) is 5.91 Å². The number of nitrogens with two attached hydrogens (primary N) is 1. The predicted molar refractivity (Wildman–Crippen MR) is 53.0 cm³/mol. The molecular weight excluding hydrogens is 182 g/mol. The third kappa shape index (κ3) is 3.02. The molecule has 0 saturated heterocycles. The molecule has 0 fully saturated rings. The highest BCUT2D eigenvalue weighted by Crippen LogP contribution is 1.92. The molecule has 76 valence electrons. The molecule has 1 heterocycles. The molecule has 0 aliphatic heterocycles. The van der Waals surface area contributed by atoms with E-state index in [0.717, 1.165) is 0 Å². The van der Waals surface area contributed by atoms with E-state index in [0.29, 0.717) is 12.1 Å². The van der Waals surface area contributed by atoms with E-state index in [-0.39, 0.29) is 17.5 Å². The summed E-state index contributed by atoms with van der Waals surface area (Å²) in [4.78, 5) is 24.7. The van der Waals surface area contributed by atoms with Crippen molar-refractivity contribution in [3.8, 4) is 0 Å². The largest absolute Gasteiger partial charge is 0.350 e. The van der Waals surface area contributed by atoms with Crippen molar-refractivity contribution in [2.45, 2.75) is 13.0 Å². The predicted octanol–water partition coefficient (Wildman–Crippen LogP) is -0.548. The molecular formula is C9H13N3O2. The van der Waals surface area contributed by atoms with Crippen molar-refractivity contribution in [3.63, 3.8) is 0 Å². The van der Waals surface area contributed by atoms with Crippen LogP contribution in [0, 0.1) is 0 Å². The smallest absolute Gasteiger partial charge is 0.251 e. The molecule has 1 unspecified atom stereocenters. The Balaban J connectivity index is 2.65. The molecule has 1 aromatic rings. The van der Waals surface area contributed by atoms with Crippen LogP contribution in [0.5, 0.6) is 0 Å². The summed E-state index contributed by atoms with van der Waals surface area (Å²) in [6.07, 6.45) is 1.43. The molecule has 0 aliphatic rings. The lowest BCUT2D eigenvalue weighted by atomic mass is 10.2. The average molecular weight is 195 g/mol. The van der Waals surface area contributed by atoms with Crippen LogP contribution < -0.4 is 16.6 Å². The maximum atomic E-state index is 11.4. The first-order valence-corrected chi connectivity index (χ1v) is 4.32. The minimum atomic E-state index is -0.293. The summed E-state index contributed by atoms with van der Waals surface area (Å²) in [5.41, 5.74) is 5.51. The number of aromatic nitrogens is 1. The van der Waals surface area contributed by atoms with Crippen LogP contribution in [-0.2, 0) is 0 Å². The first kappa shape index (κ1) is 10.5. The molecule has 4 N–H and O–H groups in total. The van der Waals surface area contributed by atoms with Gasteiger partial charge < -0.3 is 16.0 Å². The molecule has 1 rings (SSSR count). The summed E-state index contributed by atoms with van der Waals surface area (Å²) in [6.45, 7) is 2.18. The van der Waals surface area contributed by atoms with Gasteiger partial charge in [0, 0.05) is 30.4 Å². The Morgan fingerprint density at radius 3 is 3.00 bits per heavy atom. The molecule has 1 aromatic heterocycles. The number of H-pyrrole nitrogens is 1. The van der Waals surface area contributed by atoms with Crippen molar-refractivity contribution < 1.29 is 4.79 Å². The summed E-state index contributed by atoms with van der Waals surface area (Å²) >= 11 is 0. The molecule has 1 atom stereocenters. The Bertz CT molecular complexity index is 370. The SMILES string of the molecule is CC(N)CNC(=O)c1cc[nH]c(=O)c1. The van der Waals surface area contributed by atoms with Crippen LogP contribution >= 0.6 is 0 Å². The van der Waals surface area contributed by atoms with Gasteiger partial charge in [-0.1, -0.05) is 0 Å². The summed E-state index contributed by atoms with van der Waals surface area (Å²) in [7, 11) is 0. The van der Waals surface area contributed by atoms with E-state index in [4.69, 9.17) is 5.73 Å². The van der Waals surface area contributed by atoms with Gasteiger partial charge in [-0.05, 0) is 13.0 Å². The number of aromatic amines is 1. The molecule has 0 aliphatic carbocycles. The molecule has 0 radical (unpaired) electrons. The monoisotopic (exact) mass is 195 g/mol. The first-order chi connectivity index (χ1) is 6.59. The Morgan fingerprint density at radius 2 is 2.43 bits per heavy atom. The number of nitrogens with one attached hydrogen (secondary N) is 2. The normalized spacial score (nSPS) is 12.1. The maximum Gasteiger partial charge on any atom is 0.251 e. The summed E-state index contributed by atoms with van der Waals surface area (Å²) in [6, 6.07) is 2.69. The van der Waals surface area contributed by atoms with E-state index in [1.54, 1.807) is 6.92 Å². The van der Waals surface area contributed by atoms with Crippen LogP contribution in [0.4, 0.5) is 0 Å². The van der Waals surface area contributed by atoms with E-state index in [2.05, 4.69) is 10.3 Å². The lowest BCUT2D eigenvalue weighted by Gasteiger charge is -2.06. The van der Waals surface area contributed by atoms with Crippen molar-refractivity contribution in [2.24, 2.45) is 5.73 Å². The van der Waals surface area contributed by atoms with Gasteiger partial charge in [-0.15, -0.1) is 0 Å². The molecule has 5 nitrogen and oxygen atoms in total. The number of carbonyl (C=O) groups excluding carboxylic acids is 1. The molecule has 0 saturated carbocycles. The number of amides is 1. The first-order valence-electron chi connectivity index (χ1n) is 4.32. The van der Waals surface area contributed by atoms with Gasteiger partial charge in [0.05, 0.1) is 0 Å². The van der Waals surface area contributed by atoms with Crippen LogP contribution in [-0.4, -0.2) is 23.5 Å². The van der Waals surface area contributed by atoms with Gasteiger partial charge in [0.1, 0.15) is 0 Å². The Hall–Kier alpha value is -1.62. The van der Waals surface area contributed by atoms with E-state index < -0.39 is 0 Å². The van der Waals surface area contributed by atoms with Gasteiger partial charge in [0.15, 0.2) is 0 Å². The zero-order valence-corrected chi connectivity index (χ0v) is 7.91. The summed E-state index contributed by atoms with van der Waals surface area (Å²) in [5.74, 6) is -0.284. The Labute approximate surface area is 81.3 Å². The fourth-order valence-electron chi connectivity index (χ4n) is 0.942. The molecule has 5 heteroatoms. The Kier molecular flexibility index (Phi) is 3.41. The second-order valence-corrected chi connectivity index (χ2v) is 3.13. The number of hydrogen-bond acceptors (Lipinski definition) is 3. The topological polar surface area (TPSA) is 88.0 Å². The summed E-state index contributed by atoms with van der Waals surface area (Å²) < 4.78 is 0. The number of rotatable bonds is 3. The standard InChI is InChI=1S/C9H13N3O2/c1-6(10)5-12-9(14)7-2-3-11-8(13)4-7/h2-4,6H,5,10H2,1H3,(H,11,13)(H,12,14). The van der Waals surface area contributed by atoms with Gasteiger partial charge in [-0.25, -0.2) is 0 Å². The van der Waals surface area contributed by atoms with Gasteiger partial charge in [-0.3, -0.25) is 9.59 Å². The van der Waals surface area contributed by atoms with Crippen molar-refractivity contribution in [2.75, 3.05) is 6.54 Å². The van der Waals surface area contributed by atoms with Gasteiger partial charge in [-0.2, -0.15) is 0 Å². The summed E-state index contributed by atoms with van der Waals surface area (Å²) in [5, 5.41) is 2.61. The van der Waals surface area contributed by atoms with Crippen LogP contribution in [0.15, 0.2) is 23.1 Å². The van der Waals surface area contributed by atoms with Crippen LogP contribution in [0.1, 0.15) is 17.3 Å². The maximum absolute atomic E-state index is 11.4. The lowest BCUT2D eigenvalue weighted by molar-refractivity contribution is 0.0951. The molecule has 0 spiro atoms. The molecule has 0 bridgehead atoms. The van der Waals surface area contributed by atoms with Crippen molar-refractivity contribution in [1.29, 1.82) is 0 Å². The third-order valence-corrected chi connectivity index (χ3v) is 1.62. The second-order valence-electron chi connectivity index (χ2n) is 3.13. The number of carbonyl (C=O) groups is 1. The zero-order chi connectivity index (χ0) is 10.6. The fourth-order valence-corrected chi connectivity index (χ4v) is 0.942. The van der Waals surface area contributed by atoms with E-state index in [1.807, 2.05) is 0 Å². The molecule has 14 heavy (non-hydrogen) atoms. The van der Waals surface area contributed by atoms with Gasteiger partial charge in [0.2, 0.25) is 5.56 Å². The Morgan fingerprint density at radius 1 is 1.71 bits per heavy atom. The zero-order valence-electron chi connectivity index (χ0n) is 7.91. The van der Waals surface area contributed by atoms with Crippen LogP contribution in [0.25, 0.3) is 0 Å². The quantitative estimate of drug-likeness (QED) is 0.604. The number of hydrogen-bond donors (Lipinski definition) is 3. The van der Waals surface area contributed by atoms with Gasteiger partial charge >= 0.3 is 0 Å². The minimum Gasteiger partial charge on any atom is -0.350 e. The second kappa shape index (κ2) is 4.57. The highest BCUT2D eigenvalue weighted by atomic mass is 16.2. The highest BCUT2D eigenvalue weighted by molar-refractivity contribution is 5.93. The van der Waals surface area contributed by atoms with E-state index >= 15 is 0 Å². The third-order valence-electron chi connectivity index (χ3n) is 1.62. The van der Waals surface area contributed by atoms with Crippen molar-refractivity contribution >= 4 is 5.91 Å². The van der Waals surface area contributed by atoms with Crippen molar-refractivity contribution in [3.05, 3.63) is 34.2 Å². The van der Waals surface area contributed by atoms with E-state index in [1.165, 1.54) is 18.3 Å². The molecule has 1 amide bonds. The fraction of sp³-hybridized carbons (Fsp3) is 0.333. The molecule has 0 aromatic carbocycles.